The molecule has 0 unspecified atom stereocenters. The highest BCUT2D eigenvalue weighted by Crippen LogP contribution is 2.12. The van der Waals surface area contributed by atoms with Crippen LogP contribution in [0.1, 0.15) is 27.9 Å². The molecule has 0 saturated carbocycles. The van der Waals surface area contributed by atoms with E-state index in [2.05, 4.69) is 10.0 Å². The van der Waals surface area contributed by atoms with Crippen LogP contribution in [0.25, 0.3) is 0 Å². The average Bonchev–Trinajstić information content (AvgIpc) is 2.64. The Labute approximate surface area is 154 Å². The van der Waals surface area contributed by atoms with E-state index < -0.39 is 10.0 Å². The number of aryl methyl sites for hydroxylation is 1. The van der Waals surface area contributed by atoms with Crippen LogP contribution in [0.5, 0.6) is 0 Å². The SMILES string of the molecule is COCCCNS(=O)(=O)c1cccc(C(=O)NCc2ccc(C)cc2)c1. The predicted octanol–water partition coefficient (Wildman–Crippen LogP) is 2.24. The smallest absolute Gasteiger partial charge is 0.251 e. The molecule has 7 heteroatoms. The second-order valence-corrected chi connectivity index (χ2v) is 7.71. The Morgan fingerprint density at radius 1 is 1.12 bits per heavy atom. The summed E-state index contributed by atoms with van der Waals surface area (Å²) in [5.74, 6) is -0.318. The molecule has 0 aliphatic carbocycles. The van der Waals surface area contributed by atoms with E-state index in [0.29, 0.717) is 25.1 Å². The molecule has 2 N–H and O–H groups in total. The van der Waals surface area contributed by atoms with E-state index in [1.807, 2.05) is 31.2 Å². The molecule has 0 radical (unpaired) electrons. The van der Waals surface area contributed by atoms with Gasteiger partial charge < -0.3 is 10.1 Å². The molecule has 1 amide bonds. The van der Waals surface area contributed by atoms with Crippen molar-refractivity contribution in [3.63, 3.8) is 0 Å². The second-order valence-electron chi connectivity index (χ2n) is 5.94. The van der Waals surface area contributed by atoms with Gasteiger partial charge in [0.1, 0.15) is 0 Å². The van der Waals surface area contributed by atoms with E-state index in [4.69, 9.17) is 4.74 Å². The van der Waals surface area contributed by atoms with Crippen molar-refractivity contribution in [2.24, 2.45) is 0 Å². The summed E-state index contributed by atoms with van der Waals surface area (Å²) < 4.78 is 32.0. The first-order chi connectivity index (χ1) is 12.4. The van der Waals surface area contributed by atoms with Gasteiger partial charge in [-0.3, -0.25) is 4.79 Å². The van der Waals surface area contributed by atoms with Crippen LogP contribution in [0.2, 0.25) is 0 Å². The van der Waals surface area contributed by atoms with Gasteiger partial charge >= 0.3 is 0 Å². The standard InChI is InChI=1S/C19H24N2O4S/c1-15-7-9-16(10-8-15)14-20-19(22)17-5-3-6-18(13-17)26(23,24)21-11-4-12-25-2/h3,5-10,13,21H,4,11-12,14H2,1-2H3,(H,20,22). The summed E-state index contributed by atoms with van der Waals surface area (Å²) in [5.41, 5.74) is 2.43. The summed E-state index contributed by atoms with van der Waals surface area (Å²) in [5, 5.41) is 2.80. The van der Waals surface area contributed by atoms with Crippen LogP contribution < -0.4 is 10.0 Å². The Bertz CT molecular complexity index is 833. The molecular formula is C19H24N2O4S. The lowest BCUT2D eigenvalue weighted by Crippen LogP contribution is -2.26. The second kappa shape index (κ2) is 9.47. The third kappa shape index (κ3) is 5.94. The normalized spacial score (nSPS) is 11.3. The number of benzene rings is 2. The molecule has 0 spiro atoms. The van der Waals surface area contributed by atoms with Gasteiger partial charge in [-0.2, -0.15) is 0 Å². The number of carbonyl (C=O) groups is 1. The summed E-state index contributed by atoms with van der Waals surface area (Å²) in [6.45, 7) is 3.13. The zero-order valence-corrected chi connectivity index (χ0v) is 15.8. The minimum Gasteiger partial charge on any atom is -0.385 e. The number of sulfonamides is 1. The molecule has 0 atom stereocenters. The van der Waals surface area contributed by atoms with Gasteiger partial charge in [-0.05, 0) is 37.1 Å². The number of rotatable bonds is 9. The molecule has 0 fully saturated rings. The van der Waals surface area contributed by atoms with Gasteiger partial charge in [0.15, 0.2) is 0 Å². The number of methoxy groups -OCH3 is 1. The Hall–Kier alpha value is -2.22. The summed E-state index contributed by atoms with van der Waals surface area (Å²) in [6, 6.07) is 13.8. The predicted molar refractivity (Wildman–Crippen MR) is 100 cm³/mol. The first-order valence-corrected chi connectivity index (χ1v) is 9.83. The monoisotopic (exact) mass is 376 g/mol. The Balaban J connectivity index is 2.00. The van der Waals surface area contributed by atoms with Gasteiger partial charge in [-0.25, -0.2) is 13.1 Å². The highest BCUT2D eigenvalue weighted by Gasteiger charge is 2.15. The van der Waals surface area contributed by atoms with Crippen LogP contribution in [-0.4, -0.2) is 34.6 Å². The third-order valence-corrected chi connectivity index (χ3v) is 5.26. The molecule has 0 aromatic heterocycles. The fraction of sp³-hybridized carbons (Fsp3) is 0.316. The molecule has 0 heterocycles. The summed E-state index contributed by atoms with van der Waals surface area (Å²) >= 11 is 0. The van der Waals surface area contributed by atoms with Crippen molar-refractivity contribution >= 4 is 15.9 Å². The molecule has 6 nitrogen and oxygen atoms in total. The first-order valence-electron chi connectivity index (χ1n) is 8.35. The number of amides is 1. The lowest BCUT2D eigenvalue weighted by molar-refractivity contribution is 0.0950. The van der Waals surface area contributed by atoms with Crippen LogP contribution in [0.4, 0.5) is 0 Å². The van der Waals surface area contributed by atoms with E-state index in [1.165, 1.54) is 12.1 Å². The number of hydrogen-bond donors (Lipinski definition) is 2. The van der Waals surface area contributed by atoms with Crippen LogP contribution in [0.15, 0.2) is 53.4 Å². The van der Waals surface area contributed by atoms with Gasteiger partial charge in [0.25, 0.3) is 5.91 Å². The quantitative estimate of drug-likeness (QED) is 0.658. The minimum absolute atomic E-state index is 0.0675. The number of hydrogen-bond acceptors (Lipinski definition) is 4. The lowest BCUT2D eigenvalue weighted by atomic mass is 10.1. The number of carbonyl (C=O) groups excluding carboxylic acids is 1. The zero-order chi connectivity index (χ0) is 19.0. The van der Waals surface area contributed by atoms with Gasteiger partial charge in [-0.15, -0.1) is 0 Å². The van der Waals surface area contributed by atoms with Gasteiger partial charge in [0.05, 0.1) is 4.90 Å². The highest BCUT2D eigenvalue weighted by atomic mass is 32.2. The lowest BCUT2D eigenvalue weighted by Gasteiger charge is -2.09. The van der Waals surface area contributed by atoms with E-state index in [9.17, 15) is 13.2 Å². The van der Waals surface area contributed by atoms with Crippen molar-refractivity contribution in [2.75, 3.05) is 20.3 Å². The molecule has 26 heavy (non-hydrogen) atoms. The van der Waals surface area contributed by atoms with E-state index >= 15 is 0 Å². The van der Waals surface area contributed by atoms with Crippen molar-refractivity contribution in [1.29, 1.82) is 0 Å². The first kappa shape index (κ1) is 20.1. The molecule has 0 aliphatic heterocycles. The van der Waals surface area contributed by atoms with Crippen molar-refractivity contribution in [2.45, 2.75) is 24.8 Å². The topological polar surface area (TPSA) is 84.5 Å². The van der Waals surface area contributed by atoms with Gasteiger partial charge in [0, 0.05) is 32.4 Å². The Morgan fingerprint density at radius 3 is 2.54 bits per heavy atom. The van der Waals surface area contributed by atoms with Gasteiger partial charge in [0.2, 0.25) is 10.0 Å². The number of nitrogens with one attached hydrogen (secondary N) is 2. The fourth-order valence-electron chi connectivity index (χ4n) is 2.30. The molecule has 0 aliphatic rings. The van der Waals surface area contributed by atoms with Crippen molar-refractivity contribution < 1.29 is 17.9 Å². The van der Waals surface area contributed by atoms with Crippen molar-refractivity contribution in [3.05, 3.63) is 65.2 Å². The molecular weight excluding hydrogens is 352 g/mol. The summed E-state index contributed by atoms with van der Waals surface area (Å²) in [7, 11) is -2.09. The maximum atomic E-state index is 12.3. The van der Waals surface area contributed by atoms with Gasteiger partial charge in [-0.1, -0.05) is 35.9 Å². The molecule has 2 rings (SSSR count). The third-order valence-electron chi connectivity index (χ3n) is 3.80. The van der Waals surface area contributed by atoms with Crippen LogP contribution in [0.3, 0.4) is 0 Å². The van der Waals surface area contributed by atoms with Crippen molar-refractivity contribution in [1.82, 2.24) is 10.0 Å². The minimum atomic E-state index is -3.65. The molecule has 2 aromatic rings. The van der Waals surface area contributed by atoms with Crippen molar-refractivity contribution in [3.8, 4) is 0 Å². The largest absolute Gasteiger partial charge is 0.385 e. The van der Waals surface area contributed by atoms with Crippen LogP contribution in [0, 0.1) is 6.92 Å². The fourth-order valence-corrected chi connectivity index (χ4v) is 3.42. The Kier molecular flexibility index (Phi) is 7.32. The molecule has 140 valence electrons. The zero-order valence-electron chi connectivity index (χ0n) is 15.0. The molecule has 0 bridgehead atoms. The maximum absolute atomic E-state index is 12.3. The average molecular weight is 376 g/mol. The molecule has 0 saturated heterocycles. The summed E-state index contributed by atoms with van der Waals surface area (Å²) in [6.07, 6.45) is 0.576. The van der Waals surface area contributed by atoms with Crippen LogP contribution >= 0.6 is 0 Å². The summed E-state index contributed by atoms with van der Waals surface area (Å²) in [4.78, 5) is 12.4. The maximum Gasteiger partial charge on any atom is 0.251 e. The number of ether oxygens (including phenoxy) is 1. The highest BCUT2D eigenvalue weighted by molar-refractivity contribution is 7.89. The Morgan fingerprint density at radius 2 is 1.85 bits per heavy atom. The molecule has 2 aromatic carbocycles. The van der Waals surface area contributed by atoms with E-state index in [1.54, 1.807) is 19.2 Å². The van der Waals surface area contributed by atoms with Crippen LogP contribution in [-0.2, 0) is 21.3 Å². The van der Waals surface area contributed by atoms with E-state index in [0.717, 1.165) is 11.1 Å². The van der Waals surface area contributed by atoms with E-state index in [-0.39, 0.29) is 17.3 Å².